The van der Waals surface area contributed by atoms with Crippen molar-refractivity contribution in [1.82, 2.24) is 5.32 Å². The van der Waals surface area contributed by atoms with E-state index in [1.807, 2.05) is 13.8 Å². The quantitative estimate of drug-likeness (QED) is 0.600. The Morgan fingerprint density at radius 2 is 2.05 bits per heavy atom. The largest absolute Gasteiger partial charge is 0.478 e. The molecule has 0 heterocycles. The van der Waals surface area contributed by atoms with Crippen LogP contribution in [0.2, 0.25) is 0 Å². The van der Waals surface area contributed by atoms with E-state index >= 15 is 0 Å². The lowest BCUT2D eigenvalue weighted by Gasteiger charge is -2.26. The lowest BCUT2D eigenvalue weighted by atomic mass is 9.94. The highest BCUT2D eigenvalue weighted by Gasteiger charge is 2.25. The summed E-state index contributed by atoms with van der Waals surface area (Å²) in [7, 11) is 0. The van der Waals surface area contributed by atoms with Gasteiger partial charge in [-0.3, -0.25) is 4.79 Å². The average molecular weight is 305 g/mol. The number of thioether (sulfide) groups is 1. The zero-order valence-electron chi connectivity index (χ0n) is 12.2. The highest BCUT2D eigenvalue weighted by Crippen LogP contribution is 2.20. The monoisotopic (exact) mass is 305 g/mol. The van der Waals surface area contributed by atoms with Gasteiger partial charge in [0.1, 0.15) is 5.54 Å². The van der Waals surface area contributed by atoms with E-state index in [1.165, 1.54) is 17.8 Å². The normalized spacial score (nSPS) is 10.7. The third kappa shape index (κ3) is 4.83. The van der Waals surface area contributed by atoms with Crippen LogP contribution in [0.3, 0.4) is 0 Å². The number of carbonyl (C=O) groups is 2. The first kappa shape index (κ1) is 17.1. The van der Waals surface area contributed by atoms with Gasteiger partial charge in [0.2, 0.25) is 5.91 Å². The van der Waals surface area contributed by atoms with Gasteiger partial charge in [-0.25, -0.2) is 4.79 Å². The number of benzene rings is 1. The minimum Gasteiger partial charge on any atom is -0.478 e. The summed E-state index contributed by atoms with van der Waals surface area (Å²) in [5.74, 6) is 1.72. The van der Waals surface area contributed by atoms with Gasteiger partial charge in [0.25, 0.3) is 0 Å². The maximum atomic E-state index is 12.0. The number of carbonyl (C=O) groups excluding carboxylic acids is 1. The molecule has 0 aliphatic rings. The topological polar surface area (TPSA) is 66.4 Å². The molecule has 2 N–H and O–H groups in total. The number of hydrogen-bond donors (Lipinski definition) is 2. The summed E-state index contributed by atoms with van der Waals surface area (Å²) in [6.07, 6.45) is 6.84. The summed E-state index contributed by atoms with van der Waals surface area (Å²) in [6, 6.07) is 6.50. The van der Waals surface area contributed by atoms with Crippen LogP contribution in [-0.4, -0.2) is 28.3 Å². The van der Waals surface area contributed by atoms with Gasteiger partial charge in [-0.15, -0.1) is 18.2 Å². The van der Waals surface area contributed by atoms with Crippen molar-refractivity contribution >= 4 is 23.6 Å². The van der Waals surface area contributed by atoms with E-state index in [-0.39, 0.29) is 17.2 Å². The number of nitrogens with one attached hydrogen (secondary N) is 1. The fourth-order valence-corrected chi connectivity index (χ4v) is 2.59. The standard InChI is InChI=1S/C16H19NO3S/c1-4-16(5-2,6-3)17-14(18)11-21-13-9-7-8-12(10-13)15(19)20/h1,7-10H,5-6,11H2,2-3H3,(H,17,18)(H,19,20). The number of amides is 1. The van der Waals surface area contributed by atoms with Gasteiger partial charge in [0, 0.05) is 4.90 Å². The number of hydrogen-bond acceptors (Lipinski definition) is 3. The van der Waals surface area contributed by atoms with Crippen LogP contribution in [0.5, 0.6) is 0 Å². The molecule has 4 nitrogen and oxygen atoms in total. The van der Waals surface area contributed by atoms with Crippen molar-refractivity contribution in [1.29, 1.82) is 0 Å². The minimum absolute atomic E-state index is 0.151. The second-order valence-electron chi connectivity index (χ2n) is 4.60. The number of rotatable bonds is 7. The first-order chi connectivity index (χ1) is 9.96. The Morgan fingerprint density at radius 3 is 2.57 bits per heavy atom. The highest BCUT2D eigenvalue weighted by atomic mass is 32.2. The van der Waals surface area contributed by atoms with Crippen LogP contribution in [0.1, 0.15) is 37.0 Å². The fourth-order valence-electron chi connectivity index (χ4n) is 1.84. The summed E-state index contributed by atoms with van der Waals surface area (Å²) >= 11 is 1.29. The van der Waals surface area contributed by atoms with Gasteiger partial charge < -0.3 is 10.4 Å². The predicted molar refractivity (Wildman–Crippen MR) is 84.4 cm³/mol. The number of carboxylic acids is 1. The van der Waals surface area contributed by atoms with Crippen molar-refractivity contribution in [3.63, 3.8) is 0 Å². The summed E-state index contributed by atoms with van der Waals surface area (Å²) in [5, 5.41) is 11.8. The molecule has 1 aromatic rings. The van der Waals surface area contributed by atoms with E-state index in [2.05, 4.69) is 11.2 Å². The SMILES string of the molecule is C#CC(CC)(CC)NC(=O)CSc1cccc(C(=O)O)c1. The number of carboxylic acid groups (broad SMARTS) is 1. The molecule has 0 aliphatic carbocycles. The van der Waals surface area contributed by atoms with Gasteiger partial charge in [-0.05, 0) is 31.0 Å². The molecule has 1 aromatic carbocycles. The van der Waals surface area contributed by atoms with E-state index in [0.717, 1.165) is 4.90 Å². The Hall–Kier alpha value is -1.93. The van der Waals surface area contributed by atoms with Crippen LogP contribution in [0.4, 0.5) is 0 Å². The molecule has 0 spiro atoms. The fraction of sp³-hybridized carbons (Fsp3) is 0.375. The van der Waals surface area contributed by atoms with E-state index in [4.69, 9.17) is 11.5 Å². The smallest absolute Gasteiger partial charge is 0.335 e. The second-order valence-corrected chi connectivity index (χ2v) is 5.65. The highest BCUT2D eigenvalue weighted by molar-refractivity contribution is 8.00. The molecule has 5 heteroatoms. The zero-order valence-corrected chi connectivity index (χ0v) is 13.0. The van der Waals surface area contributed by atoms with E-state index < -0.39 is 11.5 Å². The van der Waals surface area contributed by atoms with Gasteiger partial charge in [-0.2, -0.15) is 0 Å². The molecule has 0 fully saturated rings. The zero-order chi connectivity index (χ0) is 15.9. The molecule has 0 unspecified atom stereocenters. The van der Waals surface area contributed by atoms with Gasteiger partial charge in [0.05, 0.1) is 11.3 Å². The maximum Gasteiger partial charge on any atom is 0.335 e. The Kier molecular flexibility index (Phi) is 6.32. The molecule has 0 aromatic heterocycles. The maximum absolute atomic E-state index is 12.0. The molecular formula is C16H19NO3S. The van der Waals surface area contributed by atoms with Gasteiger partial charge >= 0.3 is 5.97 Å². The molecule has 0 saturated carbocycles. The van der Waals surface area contributed by atoms with Crippen LogP contribution < -0.4 is 5.32 Å². The Bertz CT molecular complexity index is 559. The van der Waals surface area contributed by atoms with Crippen molar-refractivity contribution < 1.29 is 14.7 Å². The third-order valence-corrected chi connectivity index (χ3v) is 4.31. The van der Waals surface area contributed by atoms with E-state index in [0.29, 0.717) is 12.8 Å². The van der Waals surface area contributed by atoms with Gasteiger partial charge in [-0.1, -0.05) is 25.8 Å². The summed E-state index contributed by atoms with van der Waals surface area (Å²) in [4.78, 5) is 23.6. The predicted octanol–water partition coefficient (Wildman–Crippen LogP) is 2.79. The molecule has 112 valence electrons. The molecule has 1 amide bonds. The number of terminal acetylenes is 1. The van der Waals surface area contributed by atoms with Crippen molar-refractivity contribution in [2.75, 3.05) is 5.75 Å². The lowest BCUT2D eigenvalue weighted by Crippen LogP contribution is -2.47. The average Bonchev–Trinajstić information content (AvgIpc) is 2.51. The first-order valence-corrected chi connectivity index (χ1v) is 7.70. The Morgan fingerprint density at radius 1 is 1.38 bits per heavy atom. The first-order valence-electron chi connectivity index (χ1n) is 6.71. The number of aromatic carboxylic acids is 1. The van der Waals surface area contributed by atoms with E-state index in [9.17, 15) is 9.59 Å². The van der Waals surface area contributed by atoms with Crippen molar-refractivity contribution in [2.45, 2.75) is 37.1 Å². The molecule has 0 radical (unpaired) electrons. The van der Waals surface area contributed by atoms with Crippen LogP contribution in [0, 0.1) is 12.3 Å². The Labute approximate surface area is 129 Å². The lowest BCUT2D eigenvalue weighted by molar-refractivity contribution is -0.119. The minimum atomic E-state index is -0.981. The summed E-state index contributed by atoms with van der Waals surface area (Å²) in [5.41, 5.74) is -0.388. The Balaban J connectivity index is 2.63. The molecule has 0 bridgehead atoms. The van der Waals surface area contributed by atoms with Crippen LogP contribution >= 0.6 is 11.8 Å². The van der Waals surface area contributed by atoms with Crippen molar-refractivity contribution in [3.05, 3.63) is 29.8 Å². The molecular weight excluding hydrogens is 286 g/mol. The van der Waals surface area contributed by atoms with Crippen LogP contribution in [-0.2, 0) is 4.79 Å². The molecule has 1 rings (SSSR count). The third-order valence-electron chi connectivity index (χ3n) is 3.31. The van der Waals surface area contributed by atoms with Crippen molar-refractivity contribution in [3.8, 4) is 12.3 Å². The molecule has 0 saturated heterocycles. The van der Waals surface area contributed by atoms with Gasteiger partial charge in [0.15, 0.2) is 0 Å². The molecule has 0 aliphatic heterocycles. The van der Waals surface area contributed by atoms with Crippen LogP contribution in [0.25, 0.3) is 0 Å². The van der Waals surface area contributed by atoms with Crippen molar-refractivity contribution in [2.24, 2.45) is 0 Å². The summed E-state index contributed by atoms with van der Waals surface area (Å²) < 4.78 is 0. The van der Waals surface area contributed by atoms with Crippen LogP contribution in [0.15, 0.2) is 29.2 Å². The summed E-state index contributed by atoms with van der Waals surface area (Å²) in [6.45, 7) is 3.88. The molecule has 0 atom stereocenters. The van der Waals surface area contributed by atoms with E-state index in [1.54, 1.807) is 18.2 Å². The molecule has 21 heavy (non-hydrogen) atoms. The second kappa shape index (κ2) is 7.75.